The van der Waals surface area contributed by atoms with Crippen molar-refractivity contribution in [2.45, 2.75) is 13.0 Å². The predicted molar refractivity (Wildman–Crippen MR) is 30.0 cm³/mol. The standard InChI is InChI=1S/C5H8N3/c1-2-4-8-5-3-6-7-8/h3,5H,1-2,4H2. The topological polar surface area (TPSA) is 30.7 Å². The summed E-state index contributed by atoms with van der Waals surface area (Å²) in [6.07, 6.45) is 4.35. The molecular formula is C5H8N3. The first kappa shape index (κ1) is 5.28. The molecule has 0 spiro atoms. The van der Waals surface area contributed by atoms with Crippen molar-refractivity contribution >= 4 is 0 Å². The SMILES string of the molecule is [CH2]CCn1ccnn1. The maximum absolute atomic E-state index is 3.73. The molecule has 3 nitrogen and oxygen atoms in total. The van der Waals surface area contributed by atoms with Gasteiger partial charge in [-0.15, -0.1) is 5.10 Å². The molecule has 43 valence electrons. The second kappa shape index (κ2) is 2.45. The van der Waals surface area contributed by atoms with E-state index in [0.717, 1.165) is 13.0 Å². The van der Waals surface area contributed by atoms with Gasteiger partial charge in [0.2, 0.25) is 0 Å². The van der Waals surface area contributed by atoms with Crippen molar-refractivity contribution in [2.75, 3.05) is 0 Å². The van der Waals surface area contributed by atoms with Crippen LogP contribution in [-0.4, -0.2) is 15.0 Å². The van der Waals surface area contributed by atoms with Gasteiger partial charge >= 0.3 is 0 Å². The lowest BCUT2D eigenvalue weighted by Crippen LogP contribution is -1.96. The Morgan fingerprint density at radius 2 is 2.50 bits per heavy atom. The highest BCUT2D eigenvalue weighted by Gasteiger charge is 1.83. The molecule has 0 N–H and O–H groups in total. The quantitative estimate of drug-likeness (QED) is 0.555. The third-order valence-corrected chi connectivity index (χ3v) is 0.859. The molecule has 0 atom stereocenters. The highest BCUT2D eigenvalue weighted by atomic mass is 15.4. The summed E-state index contributed by atoms with van der Waals surface area (Å²) in [5, 5.41) is 7.36. The molecule has 8 heavy (non-hydrogen) atoms. The first-order chi connectivity index (χ1) is 3.93. The zero-order valence-electron chi connectivity index (χ0n) is 4.62. The van der Waals surface area contributed by atoms with Crippen LogP contribution < -0.4 is 0 Å². The summed E-state index contributed by atoms with van der Waals surface area (Å²) in [6, 6.07) is 0. The lowest BCUT2D eigenvalue weighted by molar-refractivity contribution is 0.595. The fourth-order valence-electron chi connectivity index (χ4n) is 0.514. The van der Waals surface area contributed by atoms with Gasteiger partial charge in [-0.3, -0.25) is 4.68 Å². The summed E-state index contributed by atoms with van der Waals surface area (Å²) in [5.41, 5.74) is 0. The van der Waals surface area contributed by atoms with E-state index >= 15 is 0 Å². The Morgan fingerprint density at radius 1 is 1.62 bits per heavy atom. The van der Waals surface area contributed by atoms with Crippen molar-refractivity contribution in [1.82, 2.24) is 15.0 Å². The summed E-state index contributed by atoms with van der Waals surface area (Å²) >= 11 is 0. The van der Waals surface area contributed by atoms with Crippen molar-refractivity contribution < 1.29 is 0 Å². The zero-order chi connectivity index (χ0) is 5.82. The molecule has 0 aliphatic heterocycles. The molecule has 0 aromatic carbocycles. The number of nitrogens with zero attached hydrogens (tertiary/aromatic N) is 3. The molecule has 1 aromatic heterocycles. The normalized spacial score (nSPS) is 9.62. The van der Waals surface area contributed by atoms with Crippen LogP contribution >= 0.6 is 0 Å². The van der Waals surface area contributed by atoms with E-state index in [0.29, 0.717) is 0 Å². The van der Waals surface area contributed by atoms with Crippen LogP contribution in [0.1, 0.15) is 6.42 Å². The predicted octanol–water partition coefficient (Wildman–Crippen LogP) is 0.502. The summed E-state index contributed by atoms with van der Waals surface area (Å²) in [6.45, 7) is 4.53. The molecule has 0 amide bonds. The van der Waals surface area contributed by atoms with E-state index < -0.39 is 0 Å². The molecule has 0 fully saturated rings. The Labute approximate surface area is 48.3 Å². The molecule has 1 aromatic rings. The van der Waals surface area contributed by atoms with Crippen LogP contribution in [0.15, 0.2) is 12.4 Å². The van der Waals surface area contributed by atoms with Gasteiger partial charge in [0.1, 0.15) is 0 Å². The van der Waals surface area contributed by atoms with Gasteiger partial charge in [-0.2, -0.15) is 0 Å². The lowest BCUT2D eigenvalue weighted by atomic mass is 10.5. The van der Waals surface area contributed by atoms with Crippen molar-refractivity contribution in [1.29, 1.82) is 0 Å². The van der Waals surface area contributed by atoms with E-state index in [1.165, 1.54) is 0 Å². The molecule has 0 aliphatic rings. The van der Waals surface area contributed by atoms with Gasteiger partial charge in [-0.1, -0.05) is 12.1 Å². The van der Waals surface area contributed by atoms with Crippen LogP contribution in [0.4, 0.5) is 0 Å². The Hall–Kier alpha value is -0.860. The molecule has 3 heteroatoms. The smallest absolute Gasteiger partial charge is 0.0692 e. The number of aryl methyl sites for hydroxylation is 1. The number of aromatic nitrogens is 3. The fourth-order valence-corrected chi connectivity index (χ4v) is 0.514. The molecule has 0 saturated heterocycles. The molecule has 0 aliphatic carbocycles. The molecule has 1 radical (unpaired) electrons. The van der Waals surface area contributed by atoms with Crippen molar-refractivity contribution in [3.05, 3.63) is 19.3 Å². The van der Waals surface area contributed by atoms with Crippen LogP contribution in [0.2, 0.25) is 0 Å². The second-order valence-electron chi connectivity index (χ2n) is 1.52. The number of rotatable bonds is 2. The van der Waals surface area contributed by atoms with Crippen LogP contribution in [0.5, 0.6) is 0 Å². The highest BCUT2D eigenvalue weighted by molar-refractivity contribution is 4.63. The average Bonchev–Trinajstić information content (AvgIpc) is 2.19. The first-order valence-electron chi connectivity index (χ1n) is 2.57. The summed E-state index contributed by atoms with van der Waals surface area (Å²) in [7, 11) is 0. The van der Waals surface area contributed by atoms with Gasteiger partial charge in [0, 0.05) is 12.7 Å². The summed E-state index contributed by atoms with van der Waals surface area (Å²) < 4.78 is 1.76. The number of hydrogen-bond donors (Lipinski definition) is 0. The van der Waals surface area contributed by atoms with Crippen LogP contribution in [0.3, 0.4) is 0 Å². The van der Waals surface area contributed by atoms with Gasteiger partial charge in [-0.05, 0) is 6.42 Å². The van der Waals surface area contributed by atoms with Gasteiger partial charge in [0.25, 0.3) is 0 Å². The van der Waals surface area contributed by atoms with Crippen molar-refractivity contribution in [3.63, 3.8) is 0 Å². The molecule has 0 unspecified atom stereocenters. The maximum atomic E-state index is 3.73. The van der Waals surface area contributed by atoms with E-state index in [1.54, 1.807) is 10.9 Å². The van der Waals surface area contributed by atoms with Gasteiger partial charge < -0.3 is 0 Å². The maximum Gasteiger partial charge on any atom is 0.0692 e. The summed E-state index contributed by atoms with van der Waals surface area (Å²) in [5.74, 6) is 0. The fraction of sp³-hybridized carbons (Fsp3) is 0.400. The van der Waals surface area contributed by atoms with Crippen LogP contribution in [0, 0.1) is 6.92 Å². The molecule has 0 bridgehead atoms. The molecule has 1 rings (SSSR count). The lowest BCUT2D eigenvalue weighted by Gasteiger charge is -1.90. The van der Waals surface area contributed by atoms with Gasteiger partial charge in [0.05, 0.1) is 6.20 Å². The zero-order valence-corrected chi connectivity index (χ0v) is 4.62. The molecular weight excluding hydrogens is 102 g/mol. The van der Waals surface area contributed by atoms with Crippen molar-refractivity contribution in [2.24, 2.45) is 0 Å². The van der Waals surface area contributed by atoms with Crippen LogP contribution in [-0.2, 0) is 6.54 Å². The van der Waals surface area contributed by atoms with E-state index in [4.69, 9.17) is 0 Å². The van der Waals surface area contributed by atoms with Crippen LogP contribution in [0.25, 0.3) is 0 Å². The molecule has 1 heterocycles. The minimum atomic E-state index is 0.861. The van der Waals surface area contributed by atoms with E-state index in [2.05, 4.69) is 17.2 Å². The largest absolute Gasteiger partial charge is 0.253 e. The third kappa shape index (κ3) is 1.05. The Kier molecular flexibility index (Phi) is 1.62. The molecule has 0 saturated carbocycles. The Balaban J connectivity index is 2.50. The van der Waals surface area contributed by atoms with E-state index in [-0.39, 0.29) is 0 Å². The monoisotopic (exact) mass is 110 g/mol. The number of hydrogen-bond acceptors (Lipinski definition) is 2. The first-order valence-corrected chi connectivity index (χ1v) is 2.57. The minimum absolute atomic E-state index is 0.861. The Bertz CT molecular complexity index is 133. The van der Waals surface area contributed by atoms with Gasteiger partial charge in [0.15, 0.2) is 0 Å². The third-order valence-electron chi connectivity index (χ3n) is 0.859. The Morgan fingerprint density at radius 3 is 3.00 bits per heavy atom. The van der Waals surface area contributed by atoms with E-state index in [1.807, 2.05) is 6.20 Å². The highest BCUT2D eigenvalue weighted by Crippen LogP contribution is 1.82. The van der Waals surface area contributed by atoms with E-state index in [9.17, 15) is 0 Å². The van der Waals surface area contributed by atoms with Crippen molar-refractivity contribution in [3.8, 4) is 0 Å². The van der Waals surface area contributed by atoms with Gasteiger partial charge in [-0.25, -0.2) is 0 Å². The second-order valence-corrected chi connectivity index (χ2v) is 1.52. The average molecular weight is 110 g/mol. The minimum Gasteiger partial charge on any atom is -0.253 e. The summed E-state index contributed by atoms with van der Waals surface area (Å²) in [4.78, 5) is 0.